The first-order valence-corrected chi connectivity index (χ1v) is 7.08. The molecule has 0 amide bonds. The fourth-order valence-electron chi connectivity index (χ4n) is 2.62. The lowest BCUT2D eigenvalue weighted by molar-refractivity contribution is 0.414. The second-order valence-corrected chi connectivity index (χ2v) is 5.53. The number of nitrogens with zero attached hydrogens (tertiary/aromatic N) is 2. The lowest BCUT2D eigenvalue weighted by Gasteiger charge is -2.19. The first-order chi connectivity index (χ1) is 9.67. The van der Waals surface area contributed by atoms with Gasteiger partial charge in [-0.1, -0.05) is 12.1 Å². The number of nitrogens with one attached hydrogen (secondary N) is 1. The summed E-state index contributed by atoms with van der Waals surface area (Å²) in [6.07, 6.45) is 4.64. The minimum absolute atomic E-state index is 0.365. The minimum Gasteiger partial charge on any atom is -0.497 e. The van der Waals surface area contributed by atoms with Crippen LogP contribution in [0.1, 0.15) is 30.1 Å². The van der Waals surface area contributed by atoms with Crippen LogP contribution < -0.4 is 10.1 Å². The van der Waals surface area contributed by atoms with E-state index < -0.39 is 0 Å². The van der Waals surface area contributed by atoms with Gasteiger partial charge in [0.25, 0.3) is 0 Å². The molecule has 20 heavy (non-hydrogen) atoms. The first-order valence-electron chi connectivity index (χ1n) is 7.08. The normalized spacial score (nSPS) is 15.9. The molecule has 0 bridgehead atoms. The van der Waals surface area contributed by atoms with Crippen LogP contribution in [-0.2, 0) is 7.05 Å². The van der Waals surface area contributed by atoms with Gasteiger partial charge in [0.1, 0.15) is 5.75 Å². The van der Waals surface area contributed by atoms with Gasteiger partial charge in [-0.3, -0.25) is 4.68 Å². The number of aromatic nitrogens is 2. The number of hydrogen-bond donors (Lipinski definition) is 1. The average molecular weight is 271 g/mol. The molecule has 4 heteroatoms. The zero-order valence-corrected chi connectivity index (χ0v) is 12.3. The van der Waals surface area contributed by atoms with Crippen LogP contribution in [0.3, 0.4) is 0 Å². The van der Waals surface area contributed by atoms with Crippen LogP contribution in [-0.4, -0.2) is 16.9 Å². The van der Waals surface area contributed by atoms with Crippen molar-refractivity contribution in [2.75, 3.05) is 12.4 Å². The maximum atomic E-state index is 5.23. The minimum atomic E-state index is 0.365. The fourth-order valence-corrected chi connectivity index (χ4v) is 2.62. The van der Waals surface area contributed by atoms with Crippen molar-refractivity contribution < 1.29 is 4.74 Å². The van der Waals surface area contributed by atoms with Crippen molar-refractivity contribution in [1.29, 1.82) is 0 Å². The third-order valence-electron chi connectivity index (χ3n) is 3.89. The number of rotatable bonds is 5. The number of ether oxygens (including phenoxy) is 1. The van der Waals surface area contributed by atoms with Crippen molar-refractivity contribution in [2.45, 2.75) is 25.8 Å². The summed E-state index contributed by atoms with van der Waals surface area (Å²) in [5, 5.41) is 8.06. The maximum Gasteiger partial charge on any atom is 0.118 e. The van der Waals surface area contributed by atoms with Crippen LogP contribution in [0.5, 0.6) is 5.75 Å². The summed E-state index contributed by atoms with van der Waals surface area (Å²) in [5.74, 6) is 1.63. The summed E-state index contributed by atoms with van der Waals surface area (Å²) in [5.41, 5.74) is 3.49. The Balaban J connectivity index is 1.83. The Morgan fingerprint density at radius 2 is 2.00 bits per heavy atom. The maximum absolute atomic E-state index is 5.23. The molecule has 0 spiro atoms. The van der Waals surface area contributed by atoms with Crippen molar-refractivity contribution >= 4 is 5.69 Å². The van der Waals surface area contributed by atoms with Crippen molar-refractivity contribution in [3.05, 3.63) is 41.7 Å². The second-order valence-electron chi connectivity index (χ2n) is 5.53. The van der Waals surface area contributed by atoms with Gasteiger partial charge in [0.15, 0.2) is 0 Å². The predicted octanol–water partition coefficient (Wildman–Crippen LogP) is 3.30. The smallest absolute Gasteiger partial charge is 0.118 e. The Morgan fingerprint density at radius 1 is 1.30 bits per heavy atom. The summed E-state index contributed by atoms with van der Waals surface area (Å²) in [6.45, 7) is 2.04. The van der Waals surface area contributed by atoms with Crippen LogP contribution in [0, 0.1) is 12.8 Å². The third-order valence-corrected chi connectivity index (χ3v) is 3.89. The summed E-state index contributed by atoms with van der Waals surface area (Å²) >= 11 is 0. The van der Waals surface area contributed by atoms with Gasteiger partial charge in [-0.15, -0.1) is 0 Å². The van der Waals surface area contributed by atoms with Crippen LogP contribution >= 0.6 is 0 Å². The molecular weight excluding hydrogens is 250 g/mol. The highest BCUT2D eigenvalue weighted by molar-refractivity contribution is 5.48. The highest BCUT2D eigenvalue weighted by Gasteiger charge is 2.32. The standard InChI is InChI=1S/C16H21N3O/c1-11-15(10-19(2)18-11)17-16(12-4-5-12)13-6-8-14(20-3)9-7-13/h6-10,12,16-17H,4-5H2,1-3H3. The second kappa shape index (κ2) is 5.19. The topological polar surface area (TPSA) is 39.1 Å². The SMILES string of the molecule is COc1ccc(C(Nc2cn(C)nc2C)C2CC2)cc1. The summed E-state index contributed by atoms with van der Waals surface area (Å²) in [6, 6.07) is 8.73. The number of benzene rings is 1. The van der Waals surface area contributed by atoms with Crippen LogP contribution in [0.25, 0.3) is 0 Å². The van der Waals surface area contributed by atoms with Crippen molar-refractivity contribution in [2.24, 2.45) is 13.0 Å². The molecular formula is C16H21N3O. The van der Waals surface area contributed by atoms with E-state index in [0.717, 1.165) is 23.0 Å². The molecule has 1 aliphatic rings. The fraction of sp³-hybridized carbons (Fsp3) is 0.438. The van der Waals surface area contributed by atoms with E-state index in [9.17, 15) is 0 Å². The highest BCUT2D eigenvalue weighted by atomic mass is 16.5. The van der Waals surface area contributed by atoms with Gasteiger partial charge < -0.3 is 10.1 Å². The highest BCUT2D eigenvalue weighted by Crippen LogP contribution is 2.43. The molecule has 1 unspecified atom stereocenters. The quantitative estimate of drug-likeness (QED) is 0.907. The van der Waals surface area contributed by atoms with Gasteiger partial charge in [0.2, 0.25) is 0 Å². The Morgan fingerprint density at radius 3 is 2.50 bits per heavy atom. The number of methoxy groups -OCH3 is 1. The molecule has 4 nitrogen and oxygen atoms in total. The van der Waals surface area contributed by atoms with E-state index >= 15 is 0 Å². The van der Waals surface area contributed by atoms with E-state index in [1.54, 1.807) is 7.11 Å². The molecule has 1 saturated carbocycles. The van der Waals surface area contributed by atoms with Gasteiger partial charge in [0.05, 0.1) is 24.5 Å². The molecule has 0 saturated heterocycles. The Labute approximate surface area is 119 Å². The molecule has 106 valence electrons. The molecule has 1 fully saturated rings. The summed E-state index contributed by atoms with van der Waals surface area (Å²) in [7, 11) is 3.66. The van der Waals surface area contributed by atoms with Crippen LogP contribution in [0.4, 0.5) is 5.69 Å². The zero-order valence-electron chi connectivity index (χ0n) is 12.3. The number of aryl methyl sites for hydroxylation is 2. The molecule has 3 rings (SSSR count). The van der Waals surface area contributed by atoms with Gasteiger partial charge in [-0.05, 0) is 43.4 Å². The van der Waals surface area contributed by atoms with Gasteiger partial charge in [-0.2, -0.15) is 5.10 Å². The number of hydrogen-bond acceptors (Lipinski definition) is 3. The Hall–Kier alpha value is -1.97. The Kier molecular flexibility index (Phi) is 3.38. The van der Waals surface area contributed by atoms with Crippen LogP contribution in [0.2, 0.25) is 0 Å². The van der Waals surface area contributed by atoms with Gasteiger partial charge in [-0.25, -0.2) is 0 Å². The molecule has 1 aromatic carbocycles. The van der Waals surface area contributed by atoms with Gasteiger partial charge >= 0.3 is 0 Å². The predicted molar refractivity (Wildman–Crippen MR) is 80.0 cm³/mol. The van der Waals surface area contributed by atoms with E-state index in [4.69, 9.17) is 4.74 Å². The Bertz CT molecular complexity index is 584. The molecule has 1 aromatic heterocycles. The largest absolute Gasteiger partial charge is 0.497 e. The number of anilines is 1. The van der Waals surface area contributed by atoms with Crippen molar-refractivity contribution in [3.8, 4) is 5.75 Å². The molecule has 0 radical (unpaired) electrons. The van der Waals surface area contributed by atoms with E-state index in [0.29, 0.717) is 6.04 Å². The first kappa shape index (κ1) is 13.0. The van der Waals surface area contributed by atoms with E-state index in [-0.39, 0.29) is 0 Å². The lowest BCUT2D eigenvalue weighted by Crippen LogP contribution is -2.13. The van der Waals surface area contributed by atoms with Gasteiger partial charge in [0, 0.05) is 13.2 Å². The molecule has 0 aliphatic heterocycles. The van der Waals surface area contributed by atoms with Crippen LogP contribution in [0.15, 0.2) is 30.5 Å². The molecule has 2 aromatic rings. The summed E-state index contributed by atoms with van der Waals surface area (Å²) < 4.78 is 7.09. The summed E-state index contributed by atoms with van der Waals surface area (Å²) in [4.78, 5) is 0. The average Bonchev–Trinajstić information content (AvgIpc) is 3.23. The molecule has 1 N–H and O–H groups in total. The van der Waals surface area contributed by atoms with E-state index in [2.05, 4.69) is 22.5 Å². The van der Waals surface area contributed by atoms with E-state index in [1.165, 1.54) is 18.4 Å². The lowest BCUT2D eigenvalue weighted by atomic mass is 10.0. The third kappa shape index (κ3) is 2.64. The van der Waals surface area contributed by atoms with E-state index in [1.807, 2.05) is 37.0 Å². The molecule has 1 aliphatic carbocycles. The molecule has 1 atom stereocenters. The monoisotopic (exact) mass is 271 g/mol. The molecule has 1 heterocycles. The van der Waals surface area contributed by atoms with Crippen molar-refractivity contribution in [1.82, 2.24) is 9.78 Å². The van der Waals surface area contributed by atoms with Crippen molar-refractivity contribution in [3.63, 3.8) is 0 Å². The zero-order chi connectivity index (χ0) is 14.1.